The number of carbonyl (C=O) groups excluding carboxylic acids is 8. The van der Waals surface area contributed by atoms with Crippen LogP contribution in [0, 0.1) is 5.92 Å². The molecule has 9 atom stereocenters. The lowest BCUT2D eigenvalue weighted by molar-refractivity contribution is -0.143. The third-order valence-corrected chi connectivity index (χ3v) is 9.26. The lowest BCUT2D eigenvalue weighted by Crippen LogP contribution is -2.62. The number of hydrogen-bond acceptors (Lipinski definition) is 14. The molecule has 0 aliphatic carbocycles. The van der Waals surface area contributed by atoms with Gasteiger partial charge in [-0.3, -0.25) is 43.2 Å². The molecule has 24 nitrogen and oxygen atoms in total. The first-order chi connectivity index (χ1) is 28.9. The molecule has 0 aliphatic heterocycles. The first kappa shape index (κ1) is 56.5. The van der Waals surface area contributed by atoms with Gasteiger partial charge >= 0.3 is 11.9 Å². The molecule has 24 heteroatoms. The van der Waals surface area contributed by atoms with Gasteiger partial charge in [-0.15, -0.1) is 0 Å². The van der Waals surface area contributed by atoms with Crippen LogP contribution in [0.4, 0.5) is 0 Å². The second kappa shape index (κ2) is 29.7. The van der Waals surface area contributed by atoms with E-state index in [1.165, 1.54) is 6.92 Å². The van der Waals surface area contributed by atoms with E-state index in [2.05, 4.69) is 37.2 Å². The lowest BCUT2D eigenvalue weighted by atomic mass is 10.0. The number of aliphatic hydroxyl groups excluding tert-OH is 2. The highest BCUT2D eigenvalue weighted by Gasteiger charge is 2.36. The van der Waals surface area contributed by atoms with Gasteiger partial charge < -0.3 is 74.8 Å². The first-order valence-electron chi connectivity index (χ1n) is 20.5. The van der Waals surface area contributed by atoms with Crippen LogP contribution >= 0.6 is 0 Å². The molecule has 0 bridgehead atoms. The summed E-state index contributed by atoms with van der Waals surface area (Å²) in [6, 6.07) is -10.6. The highest BCUT2D eigenvalue weighted by Crippen LogP contribution is 2.11. The summed E-state index contributed by atoms with van der Waals surface area (Å²) in [6.07, 6.45) is -3.56. The molecule has 0 aromatic rings. The summed E-state index contributed by atoms with van der Waals surface area (Å²) in [6.45, 7) is 7.64. The molecule has 0 saturated carbocycles. The van der Waals surface area contributed by atoms with Gasteiger partial charge in [-0.1, -0.05) is 13.8 Å². The fourth-order valence-corrected chi connectivity index (χ4v) is 5.94. The van der Waals surface area contributed by atoms with Crippen LogP contribution in [0.15, 0.2) is 0 Å². The molecular formula is C38H68N10O14. The van der Waals surface area contributed by atoms with Crippen LogP contribution in [0.1, 0.15) is 105 Å². The van der Waals surface area contributed by atoms with Crippen LogP contribution in [0.5, 0.6) is 0 Å². The molecule has 0 fully saturated rings. The fraction of sp³-hybridized carbons (Fsp3) is 0.737. The molecule has 8 amide bonds. The van der Waals surface area contributed by atoms with Gasteiger partial charge in [0.2, 0.25) is 47.3 Å². The van der Waals surface area contributed by atoms with E-state index in [1.54, 1.807) is 0 Å². The maximum atomic E-state index is 13.8. The van der Waals surface area contributed by atoms with E-state index in [0.717, 1.165) is 13.8 Å². The van der Waals surface area contributed by atoms with Crippen molar-refractivity contribution < 1.29 is 68.4 Å². The zero-order chi connectivity index (χ0) is 47.7. The third-order valence-electron chi connectivity index (χ3n) is 9.26. The summed E-state index contributed by atoms with van der Waals surface area (Å²) in [5, 5.41) is 56.4. The summed E-state index contributed by atoms with van der Waals surface area (Å²) in [7, 11) is 0. The van der Waals surface area contributed by atoms with Crippen LogP contribution in [-0.2, 0) is 47.9 Å². The number of rotatable bonds is 32. The number of aliphatic hydroxyl groups is 2. The Kier molecular flexibility index (Phi) is 27.1. The number of carbonyl (C=O) groups is 10. The number of amides is 8. The molecule has 0 rings (SSSR count). The minimum atomic E-state index is -1.86. The number of carboxylic acid groups (broad SMARTS) is 2. The Labute approximate surface area is 360 Å². The Morgan fingerprint density at radius 1 is 0.484 bits per heavy atom. The van der Waals surface area contributed by atoms with Gasteiger partial charge in [0.05, 0.1) is 12.2 Å². The topological polar surface area (TPSA) is 414 Å². The van der Waals surface area contributed by atoms with Gasteiger partial charge in [0.15, 0.2) is 0 Å². The molecule has 0 spiro atoms. The summed E-state index contributed by atoms with van der Waals surface area (Å²) >= 11 is 0. The number of nitrogens with one attached hydrogen (secondary N) is 7. The molecule has 0 radical (unpaired) electrons. The predicted octanol–water partition coefficient (Wildman–Crippen LogP) is -4.32. The number of nitrogens with two attached hydrogens (primary N) is 3. The van der Waals surface area contributed by atoms with Crippen LogP contribution in [0.2, 0.25) is 0 Å². The van der Waals surface area contributed by atoms with Gasteiger partial charge in [0.1, 0.15) is 42.3 Å². The number of aliphatic carboxylic acids is 2. The highest BCUT2D eigenvalue weighted by molar-refractivity contribution is 5.97. The van der Waals surface area contributed by atoms with Crippen molar-refractivity contribution in [1.29, 1.82) is 0 Å². The van der Waals surface area contributed by atoms with Crippen LogP contribution < -0.4 is 54.4 Å². The van der Waals surface area contributed by atoms with Crippen molar-refractivity contribution in [3.8, 4) is 0 Å². The molecule has 0 saturated heterocycles. The second-order valence-electron chi connectivity index (χ2n) is 15.4. The van der Waals surface area contributed by atoms with E-state index >= 15 is 0 Å². The molecule has 17 N–H and O–H groups in total. The van der Waals surface area contributed by atoms with Gasteiger partial charge in [-0.2, -0.15) is 0 Å². The van der Waals surface area contributed by atoms with Crippen molar-refractivity contribution in [2.75, 3.05) is 13.1 Å². The van der Waals surface area contributed by atoms with E-state index in [1.807, 2.05) is 13.8 Å². The molecular weight excluding hydrogens is 820 g/mol. The van der Waals surface area contributed by atoms with E-state index in [0.29, 0.717) is 32.2 Å². The van der Waals surface area contributed by atoms with E-state index in [9.17, 15) is 68.4 Å². The molecule has 9 unspecified atom stereocenters. The van der Waals surface area contributed by atoms with Crippen LogP contribution in [-0.4, -0.2) is 147 Å². The Morgan fingerprint density at radius 3 is 1.21 bits per heavy atom. The summed E-state index contributed by atoms with van der Waals surface area (Å²) in [4.78, 5) is 127. The monoisotopic (exact) mass is 888 g/mol. The second-order valence-corrected chi connectivity index (χ2v) is 15.4. The number of unbranched alkanes of at least 4 members (excludes halogenated alkanes) is 2. The van der Waals surface area contributed by atoms with Gasteiger partial charge in [0, 0.05) is 19.8 Å². The smallest absolute Gasteiger partial charge is 0.326 e. The predicted molar refractivity (Wildman–Crippen MR) is 221 cm³/mol. The zero-order valence-corrected chi connectivity index (χ0v) is 36.1. The SMILES string of the molecule is CC(=O)NC(CC(C)C)C(=O)NC(CCCCN)C(=O)NC(CCCCN)C(=O)NC(C(=O)NC(CCC(=O)O)C(=O)NC(C(=O)NC(CCC(N)=O)C(=O)O)C(C)O)C(C)O. The van der Waals surface area contributed by atoms with Gasteiger partial charge in [-0.05, 0) is 90.6 Å². The molecule has 0 aliphatic rings. The first-order valence-corrected chi connectivity index (χ1v) is 20.5. The normalized spacial score (nSPS) is 15.5. The average Bonchev–Trinajstić information content (AvgIpc) is 3.16. The van der Waals surface area contributed by atoms with E-state index in [-0.39, 0.29) is 31.7 Å². The highest BCUT2D eigenvalue weighted by atomic mass is 16.4. The van der Waals surface area contributed by atoms with Gasteiger partial charge in [-0.25, -0.2) is 4.79 Å². The number of hydrogen-bond donors (Lipinski definition) is 14. The Bertz CT molecular complexity index is 1530. The molecule has 354 valence electrons. The largest absolute Gasteiger partial charge is 0.481 e. The van der Waals surface area contributed by atoms with Crippen molar-refractivity contribution in [3.05, 3.63) is 0 Å². The fourth-order valence-electron chi connectivity index (χ4n) is 5.94. The number of carboxylic acids is 2. The minimum Gasteiger partial charge on any atom is -0.481 e. The van der Waals surface area contributed by atoms with Crippen molar-refractivity contribution in [1.82, 2.24) is 37.2 Å². The van der Waals surface area contributed by atoms with Gasteiger partial charge in [0.25, 0.3) is 0 Å². The summed E-state index contributed by atoms with van der Waals surface area (Å²) < 4.78 is 0. The van der Waals surface area contributed by atoms with Crippen molar-refractivity contribution in [2.24, 2.45) is 23.1 Å². The lowest BCUT2D eigenvalue weighted by Gasteiger charge is -2.29. The van der Waals surface area contributed by atoms with Crippen molar-refractivity contribution >= 4 is 59.2 Å². The quantitative estimate of drug-likeness (QED) is 0.0284. The average molecular weight is 889 g/mol. The molecule has 0 aromatic heterocycles. The molecule has 62 heavy (non-hydrogen) atoms. The summed E-state index contributed by atoms with van der Waals surface area (Å²) in [5.74, 6) is -10.3. The van der Waals surface area contributed by atoms with E-state index in [4.69, 9.17) is 17.2 Å². The zero-order valence-electron chi connectivity index (χ0n) is 36.1. The standard InChI is InChI=1S/C38H68N10O14/c1-19(2)18-27(42-22(5)51)35(58)44-23(10-6-8-16-39)32(55)43-24(11-7-9-17-40)33(56)47-30(20(3)49)36(59)45-25(13-15-29(53)54)34(57)48-31(21(4)50)37(60)46-26(38(61)62)12-14-28(41)52/h19-21,23-27,30-31,49-50H,6-18,39-40H2,1-5H3,(H2,41,52)(H,42,51)(H,43,55)(H,44,58)(H,45,59)(H,46,60)(H,47,56)(H,48,57)(H,53,54)(H,61,62). The molecule has 0 heterocycles. The van der Waals surface area contributed by atoms with Crippen molar-refractivity contribution in [3.63, 3.8) is 0 Å². The maximum Gasteiger partial charge on any atom is 0.326 e. The Balaban J connectivity index is 6.46. The third kappa shape index (κ3) is 22.9. The molecule has 0 aromatic carbocycles. The maximum absolute atomic E-state index is 13.8. The minimum absolute atomic E-state index is 0.00796. The number of primary amides is 1. The Morgan fingerprint density at radius 2 is 0.855 bits per heavy atom. The van der Waals surface area contributed by atoms with Crippen LogP contribution in [0.25, 0.3) is 0 Å². The Hall–Kier alpha value is -5.46. The summed E-state index contributed by atoms with van der Waals surface area (Å²) in [5.41, 5.74) is 16.4. The van der Waals surface area contributed by atoms with Crippen LogP contribution in [0.3, 0.4) is 0 Å². The van der Waals surface area contributed by atoms with E-state index < -0.39 is 139 Å². The van der Waals surface area contributed by atoms with Crippen molar-refractivity contribution in [2.45, 2.75) is 160 Å².